The van der Waals surface area contributed by atoms with Gasteiger partial charge in [0.05, 0.1) is 6.20 Å². The number of pyridine rings is 1. The second kappa shape index (κ2) is 5.63. The summed E-state index contributed by atoms with van der Waals surface area (Å²) in [5.74, 6) is -0.901. The van der Waals surface area contributed by atoms with Crippen LogP contribution >= 0.6 is 11.3 Å². The van der Waals surface area contributed by atoms with E-state index in [4.69, 9.17) is 0 Å². The van der Waals surface area contributed by atoms with E-state index in [-0.39, 0.29) is 5.69 Å². The molecule has 0 aliphatic heterocycles. The van der Waals surface area contributed by atoms with Crippen LogP contribution in [0.1, 0.15) is 28.8 Å². The lowest BCUT2D eigenvalue weighted by Gasteiger charge is -1.99. The fourth-order valence-electron chi connectivity index (χ4n) is 1.29. The third kappa shape index (κ3) is 3.07. The second-order valence-electron chi connectivity index (χ2n) is 3.57. The molecule has 5 nitrogen and oxygen atoms in total. The maximum atomic E-state index is 12.7. The molecule has 0 unspecified atom stereocenters. The van der Waals surface area contributed by atoms with Crippen LogP contribution in [-0.2, 0) is 6.42 Å². The molecule has 0 radical (unpaired) electrons. The quantitative estimate of drug-likeness (QED) is 0.921. The average Bonchev–Trinajstić information content (AvgIpc) is 2.78. The summed E-state index contributed by atoms with van der Waals surface area (Å²) < 4.78 is 12.7. The molecule has 0 aliphatic rings. The molecule has 1 amide bonds. The molecule has 0 bridgehead atoms. The van der Waals surface area contributed by atoms with Gasteiger partial charge in [0.2, 0.25) is 5.13 Å². The third-order valence-corrected chi connectivity index (χ3v) is 3.01. The summed E-state index contributed by atoms with van der Waals surface area (Å²) in [6.45, 7) is 2.04. The molecule has 2 aromatic rings. The highest BCUT2D eigenvalue weighted by atomic mass is 32.1. The monoisotopic (exact) mass is 266 g/mol. The molecule has 0 aromatic carbocycles. The Balaban J connectivity index is 2.04. The van der Waals surface area contributed by atoms with Crippen LogP contribution in [0.4, 0.5) is 9.52 Å². The van der Waals surface area contributed by atoms with Gasteiger partial charge in [-0.2, -0.15) is 0 Å². The summed E-state index contributed by atoms with van der Waals surface area (Å²) in [5.41, 5.74) is 0.142. The van der Waals surface area contributed by atoms with E-state index in [9.17, 15) is 9.18 Å². The second-order valence-corrected chi connectivity index (χ2v) is 4.63. The number of aromatic nitrogens is 3. The van der Waals surface area contributed by atoms with Gasteiger partial charge in [0.15, 0.2) is 0 Å². The highest BCUT2D eigenvalue weighted by molar-refractivity contribution is 7.15. The minimum Gasteiger partial charge on any atom is -0.295 e. The minimum atomic E-state index is -0.479. The van der Waals surface area contributed by atoms with Crippen molar-refractivity contribution in [3.63, 3.8) is 0 Å². The van der Waals surface area contributed by atoms with E-state index in [2.05, 4.69) is 20.5 Å². The number of anilines is 1. The molecule has 94 valence electrons. The number of aryl methyl sites for hydroxylation is 1. The summed E-state index contributed by atoms with van der Waals surface area (Å²) in [6, 6.07) is 2.50. The Morgan fingerprint density at radius 2 is 2.28 bits per heavy atom. The fourth-order valence-corrected chi connectivity index (χ4v) is 2.13. The van der Waals surface area contributed by atoms with Gasteiger partial charge in [-0.25, -0.2) is 9.37 Å². The highest BCUT2D eigenvalue weighted by Gasteiger charge is 2.11. The number of nitrogens with one attached hydrogen (secondary N) is 1. The molecule has 0 aliphatic carbocycles. The van der Waals surface area contributed by atoms with Gasteiger partial charge in [-0.15, -0.1) is 10.2 Å². The average molecular weight is 266 g/mol. The summed E-state index contributed by atoms with van der Waals surface area (Å²) in [4.78, 5) is 15.4. The summed E-state index contributed by atoms with van der Waals surface area (Å²) in [7, 11) is 0. The van der Waals surface area contributed by atoms with E-state index < -0.39 is 11.7 Å². The Labute approximate surface area is 107 Å². The molecule has 7 heteroatoms. The normalized spacial score (nSPS) is 10.3. The molecule has 0 spiro atoms. The third-order valence-electron chi connectivity index (χ3n) is 2.11. The molecule has 1 N–H and O–H groups in total. The first-order valence-corrected chi connectivity index (χ1v) is 6.26. The van der Waals surface area contributed by atoms with Crippen LogP contribution in [-0.4, -0.2) is 21.1 Å². The molecule has 0 atom stereocenters. The molecule has 2 heterocycles. The molecule has 0 saturated heterocycles. The topological polar surface area (TPSA) is 67.8 Å². The number of carbonyl (C=O) groups is 1. The first-order valence-electron chi connectivity index (χ1n) is 5.44. The van der Waals surface area contributed by atoms with Gasteiger partial charge >= 0.3 is 0 Å². The van der Waals surface area contributed by atoms with E-state index in [1.165, 1.54) is 23.5 Å². The van der Waals surface area contributed by atoms with E-state index in [0.717, 1.165) is 24.0 Å². The predicted octanol–water partition coefficient (Wildman–Crippen LogP) is 2.28. The zero-order chi connectivity index (χ0) is 13.0. The minimum absolute atomic E-state index is 0.142. The van der Waals surface area contributed by atoms with Crippen molar-refractivity contribution in [2.45, 2.75) is 19.8 Å². The van der Waals surface area contributed by atoms with Crippen molar-refractivity contribution in [3.05, 3.63) is 34.8 Å². The zero-order valence-corrected chi connectivity index (χ0v) is 10.5. The summed E-state index contributed by atoms with van der Waals surface area (Å²) in [6.07, 6.45) is 2.81. The van der Waals surface area contributed by atoms with Crippen molar-refractivity contribution in [1.82, 2.24) is 15.2 Å². The SMILES string of the molecule is CCCc1nnc(NC(=O)c2ccc(F)cn2)s1. The molecular formula is C11H11FN4OS. The smallest absolute Gasteiger partial charge is 0.276 e. The van der Waals surface area contributed by atoms with Crippen molar-refractivity contribution in [2.75, 3.05) is 5.32 Å². The number of hydrogen-bond donors (Lipinski definition) is 1. The van der Waals surface area contributed by atoms with Crippen LogP contribution in [0.2, 0.25) is 0 Å². The lowest BCUT2D eigenvalue weighted by atomic mass is 10.3. The van der Waals surface area contributed by atoms with Crippen molar-refractivity contribution in [2.24, 2.45) is 0 Å². The largest absolute Gasteiger partial charge is 0.295 e. The number of nitrogens with zero attached hydrogens (tertiary/aromatic N) is 3. The lowest BCUT2D eigenvalue weighted by Crippen LogP contribution is -2.13. The van der Waals surface area contributed by atoms with Gasteiger partial charge in [0.1, 0.15) is 16.5 Å². The molecule has 2 aromatic heterocycles. The molecule has 18 heavy (non-hydrogen) atoms. The van der Waals surface area contributed by atoms with Gasteiger partial charge < -0.3 is 0 Å². The van der Waals surface area contributed by atoms with Crippen LogP contribution in [0.25, 0.3) is 0 Å². The number of rotatable bonds is 4. The van der Waals surface area contributed by atoms with Gasteiger partial charge in [0, 0.05) is 6.42 Å². The van der Waals surface area contributed by atoms with Gasteiger partial charge in [0.25, 0.3) is 5.91 Å². The molecular weight excluding hydrogens is 255 g/mol. The number of halogens is 1. The highest BCUT2D eigenvalue weighted by Crippen LogP contribution is 2.17. The standard InChI is InChI=1S/C11H11FN4OS/c1-2-3-9-15-16-11(18-9)14-10(17)8-5-4-7(12)6-13-8/h4-6H,2-3H2,1H3,(H,14,16,17). The Morgan fingerprint density at radius 3 is 2.94 bits per heavy atom. The summed E-state index contributed by atoms with van der Waals surface area (Å²) >= 11 is 1.33. The van der Waals surface area contributed by atoms with E-state index in [0.29, 0.717) is 5.13 Å². The van der Waals surface area contributed by atoms with Gasteiger partial charge in [-0.1, -0.05) is 18.3 Å². The van der Waals surface area contributed by atoms with E-state index in [1.54, 1.807) is 0 Å². The van der Waals surface area contributed by atoms with Crippen LogP contribution < -0.4 is 5.32 Å². The summed E-state index contributed by atoms with van der Waals surface area (Å²) in [5, 5.41) is 11.7. The van der Waals surface area contributed by atoms with Crippen molar-refractivity contribution < 1.29 is 9.18 Å². The molecule has 2 rings (SSSR count). The Morgan fingerprint density at radius 1 is 1.44 bits per heavy atom. The zero-order valence-electron chi connectivity index (χ0n) is 9.68. The van der Waals surface area contributed by atoms with Gasteiger partial charge in [-0.05, 0) is 18.6 Å². The first-order chi connectivity index (χ1) is 8.69. The molecule has 0 fully saturated rings. The van der Waals surface area contributed by atoms with Crippen LogP contribution in [0.3, 0.4) is 0 Å². The first kappa shape index (κ1) is 12.6. The van der Waals surface area contributed by atoms with Crippen molar-refractivity contribution >= 4 is 22.4 Å². The van der Waals surface area contributed by atoms with Crippen molar-refractivity contribution in [1.29, 1.82) is 0 Å². The van der Waals surface area contributed by atoms with Gasteiger partial charge in [-0.3, -0.25) is 10.1 Å². The number of hydrogen-bond acceptors (Lipinski definition) is 5. The lowest BCUT2D eigenvalue weighted by molar-refractivity contribution is 0.102. The Hall–Kier alpha value is -1.89. The van der Waals surface area contributed by atoms with Crippen LogP contribution in [0, 0.1) is 5.82 Å². The Kier molecular flexibility index (Phi) is 3.93. The predicted molar refractivity (Wildman–Crippen MR) is 66.1 cm³/mol. The number of carbonyl (C=O) groups excluding carboxylic acids is 1. The fraction of sp³-hybridized carbons (Fsp3) is 0.273. The van der Waals surface area contributed by atoms with Crippen molar-refractivity contribution in [3.8, 4) is 0 Å². The van der Waals surface area contributed by atoms with Crippen LogP contribution in [0.15, 0.2) is 18.3 Å². The Bertz CT molecular complexity index is 540. The number of amides is 1. The van der Waals surface area contributed by atoms with Crippen LogP contribution in [0.5, 0.6) is 0 Å². The molecule has 0 saturated carbocycles. The van der Waals surface area contributed by atoms with E-state index in [1.807, 2.05) is 6.92 Å². The maximum absolute atomic E-state index is 12.7. The van der Waals surface area contributed by atoms with E-state index >= 15 is 0 Å². The maximum Gasteiger partial charge on any atom is 0.276 e.